The molecule has 39 heavy (non-hydrogen) atoms. The van der Waals surface area contributed by atoms with E-state index in [9.17, 15) is 18.0 Å². The Bertz CT molecular complexity index is 1530. The van der Waals surface area contributed by atoms with Crippen LogP contribution in [0.4, 0.5) is 4.79 Å². The second kappa shape index (κ2) is 12.8. The van der Waals surface area contributed by atoms with Gasteiger partial charge < -0.3 is 18.9 Å². The number of ether oxygens (including phenoxy) is 2. The van der Waals surface area contributed by atoms with Crippen LogP contribution < -0.4 is 4.80 Å². The summed E-state index contributed by atoms with van der Waals surface area (Å²) in [6.45, 7) is 5.99. The van der Waals surface area contributed by atoms with E-state index in [0.29, 0.717) is 40.1 Å². The van der Waals surface area contributed by atoms with E-state index in [2.05, 4.69) is 4.99 Å². The number of fused-ring (bicyclic) bond motifs is 1. The number of hydrogen-bond acceptors (Lipinski definition) is 7. The molecule has 1 fully saturated rings. The summed E-state index contributed by atoms with van der Waals surface area (Å²) in [5.74, 6) is -0.527. The standard InChI is InChI=1S/C25H28Cl2N4O6S2/c1-3-36-16-15-31-22-20(10-9-19(26)21(22)27)38-24(31)28-23(32)17-5-7-18(8-6-17)39(34,35)30-13-11-29(12-14-30)25(33)37-4-2/h5-10H,3-4,11-16H2,1-2H3. The molecule has 10 nitrogen and oxygen atoms in total. The third kappa shape index (κ3) is 6.47. The number of aromatic nitrogens is 1. The van der Waals surface area contributed by atoms with Crippen LogP contribution in [0.5, 0.6) is 0 Å². The molecule has 210 valence electrons. The van der Waals surface area contributed by atoms with Gasteiger partial charge in [0.25, 0.3) is 5.91 Å². The van der Waals surface area contributed by atoms with Crippen molar-refractivity contribution >= 4 is 66.8 Å². The average Bonchev–Trinajstić information content (AvgIpc) is 3.28. The molecular formula is C25H28Cl2N4O6S2. The Kier molecular flexibility index (Phi) is 9.68. The number of halogens is 2. The van der Waals surface area contributed by atoms with E-state index in [1.165, 1.54) is 44.8 Å². The predicted octanol–water partition coefficient (Wildman–Crippen LogP) is 4.25. The third-order valence-electron chi connectivity index (χ3n) is 6.10. The van der Waals surface area contributed by atoms with Crippen LogP contribution in [0.15, 0.2) is 46.3 Å². The van der Waals surface area contributed by atoms with Gasteiger partial charge in [0.2, 0.25) is 10.0 Å². The maximum absolute atomic E-state index is 13.1. The van der Waals surface area contributed by atoms with E-state index >= 15 is 0 Å². The lowest BCUT2D eigenvalue weighted by Crippen LogP contribution is -2.50. The molecule has 1 aliphatic heterocycles. The minimum Gasteiger partial charge on any atom is -0.450 e. The van der Waals surface area contributed by atoms with E-state index in [4.69, 9.17) is 32.7 Å². The molecule has 0 saturated carbocycles. The Hall–Kier alpha value is -2.48. The highest BCUT2D eigenvalue weighted by Crippen LogP contribution is 2.32. The molecule has 3 aromatic rings. The first-order valence-electron chi connectivity index (χ1n) is 12.3. The third-order valence-corrected chi connectivity index (χ3v) is 9.85. The molecule has 2 heterocycles. The van der Waals surface area contributed by atoms with Gasteiger partial charge in [0.05, 0.1) is 38.4 Å². The minimum atomic E-state index is -3.80. The number of nitrogens with zero attached hydrogens (tertiary/aromatic N) is 4. The zero-order valence-corrected chi connectivity index (χ0v) is 24.6. The Balaban J connectivity index is 1.55. The van der Waals surface area contributed by atoms with E-state index in [0.717, 1.165) is 4.70 Å². The first-order valence-corrected chi connectivity index (χ1v) is 15.3. The summed E-state index contributed by atoms with van der Waals surface area (Å²) in [4.78, 5) is 31.2. The van der Waals surface area contributed by atoms with Gasteiger partial charge in [0.15, 0.2) is 4.80 Å². The Labute approximate surface area is 240 Å². The number of benzene rings is 2. The van der Waals surface area contributed by atoms with Crippen LogP contribution in [0.3, 0.4) is 0 Å². The zero-order chi connectivity index (χ0) is 28.2. The summed E-state index contributed by atoms with van der Waals surface area (Å²) in [7, 11) is -3.80. The van der Waals surface area contributed by atoms with Gasteiger partial charge in [-0.2, -0.15) is 9.30 Å². The number of carbonyl (C=O) groups excluding carboxylic acids is 2. The van der Waals surface area contributed by atoms with Crippen molar-refractivity contribution in [3.8, 4) is 0 Å². The normalized spacial score (nSPS) is 15.2. The van der Waals surface area contributed by atoms with Crippen LogP contribution in [-0.4, -0.2) is 80.2 Å². The van der Waals surface area contributed by atoms with Crippen molar-refractivity contribution in [3.63, 3.8) is 0 Å². The number of amides is 2. The summed E-state index contributed by atoms with van der Waals surface area (Å²) >= 11 is 14.0. The molecule has 0 spiro atoms. The molecule has 0 N–H and O–H groups in total. The quantitative estimate of drug-likeness (QED) is 0.351. The van der Waals surface area contributed by atoms with Crippen molar-refractivity contribution < 1.29 is 27.5 Å². The fourth-order valence-electron chi connectivity index (χ4n) is 4.09. The monoisotopic (exact) mass is 614 g/mol. The van der Waals surface area contributed by atoms with Crippen molar-refractivity contribution in [2.75, 3.05) is 46.0 Å². The van der Waals surface area contributed by atoms with Crippen molar-refractivity contribution in [1.29, 1.82) is 0 Å². The van der Waals surface area contributed by atoms with Gasteiger partial charge in [0, 0.05) is 44.9 Å². The van der Waals surface area contributed by atoms with Crippen LogP contribution >= 0.6 is 34.5 Å². The molecule has 14 heteroatoms. The molecule has 4 rings (SSSR count). The highest BCUT2D eigenvalue weighted by atomic mass is 35.5. The highest BCUT2D eigenvalue weighted by Gasteiger charge is 2.30. The van der Waals surface area contributed by atoms with Crippen LogP contribution in [0.1, 0.15) is 24.2 Å². The Morgan fingerprint density at radius 1 is 1.00 bits per heavy atom. The average molecular weight is 616 g/mol. The van der Waals surface area contributed by atoms with Gasteiger partial charge in [-0.15, -0.1) is 0 Å². The maximum atomic E-state index is 13.1. The summed E-state index contributed by atoms with van der Waals surface area (Å²) in [6.07, 6.45) is -0.454. The van der Waals surface area contributed by atoms with E-state index in [1.54, 1.807) is 17.6 Å². The number of sulfonamides is 1. The molecule has 0 bridgehead atoms. The lowest BCUT2D eigenvalue weighted by molar-refractivity contribution is 0.0933. The second-order valence-corrected chi connectivity index (χ2v) is 12.2. The van der Waals surface area contributed by atoms with Crippen LogP contribution in [0, 0.1) is 0 Å². The highest BCUT2D eigenvalue weighted by molar-refractivity contribution is 7.89. The molecule has 0 unspecified atom stereocenters. The zero-order valence-electron chi connectivity index (χ0n) is 21.4. The number of carbonyl (C=O) groups is 2. The largest absolute Gasteiger partial charge is 0.450 e. The van der Waals surface area contributed by atoms with Crippen LogP contribution in [-0.2, 0) is 26.0 Å². The Morgan fingerprint density at radius 2 is 1.69 bits per heavy atom. The number of thiazole rings is 1. The number of piperazine rings is 1. The fourth-order valence-corrected chi connectivity index (χ4v) is 7.05. The first-order chi connectivity index (χ1) is 18.7. The molecule has 0 atom stereocenters. The van der Waals surface area contributed by atoms with Crippen molar-refractivity contribution in [2.45, 2.75) is 25.3 Å². The van der Waals surface area contributed by atoms with Gasteiger partial charge in [-0.25, -0.2) is 13.2 Å². The molecule has 2 amide bonds. The molecule has 1 aromatic heterocycles. The molecule has 1 saturated heterocycles. The van der Waals surface area contributed by atoms with Gasteiger partial charge >= 0.3 is 6.09 Å². The molecule has 0 aliphatic carbocycles. The molecule has 2 aromatic carbocycles. The first kappa shape index (κ1) is 29.5. The number of hydrogen-bond donors (Lipinski definition) is 0. The van der Waals surface area contributed by atoms with Crippen LogP contribution in [0.25, 0.3) is 10.2 Å². The smallest absolute Gasteiger partial charge is 0.409 e. The maximum Gasteiger partial charge on any atom is 0.409 e. The lowest BCUT2D eigenvalue weighted by Gasteiger charge is -2.33. The lowest BCUT2D eigenvalue weighted by atomic mass is 10.2. The fraction of sp³-hybridized carbons (Fsp3) is 0.400. The summed E-state index contributed by atoms with van der Waals surface area (Å²) in [6, 6.07) is 9.17. The van der Waals surface area contributed by atoms with Gasteiger partial charge in [-0.3, -0.25) is 4.79 Å². The van der Waals surface area contributed by atoms with E-state index < -0.39 is 22.0 Å². The van der Waals surface area contributed by atoms with Crippen molar-refractivity contribution in [2.24, 2.45) is 4.99 Å². The van der Waals surface area contributed by atoms with E-state index in [1.807, 2.05) is 13.0 Å². The van der Waals surface area contributed by atoms with Crippen molar-refractivity contribution in [1.82, 2.24) is 13.8 Å². The molecule has 0 radical (unpaired) electrons. The predicted molar refractivity (Wildman–Crippen MR) is 150 cm³/mol. The van der Waals surface area contributed by atoms with Crippen LogP contribution in [0.2, 0.25) is 10.0 Å². The van der Waals surface area contributed by atoms with Gasteiger partial charge in [0.1, 0.15) is 0 Å². The van der Waals surface area contributed by atoms with Crippen molar-refractivity contribution in [3.05, 3.63) is 56.8 Å². The van der Waals surface area contributed by atoms with Gasteiger partial charge in [-0.1, -0.05) is 34.5 Å². The summed E-state index contributed by atoms with van der Waals surface area (Å²) in [5.41, 5.74) is 0.906. The molecular weight excluding hydrogens is 587 g/mol. The molecule has 1 aliphatic rings. The summed E-state index contributed by atoms with van der Waals surface area (Å²) < 4.78 is 40.7. The topological polar surface area (TPSA) is 111 Å². The second-order valence-electron chi connectivity index (χ2n) is 8.47. The number of rotatable bonds is 8. The Morgan fingerprint density at radius 3 is 2.33 bits per heavy atom. The van der Waals surface area contributed by atoms with Gasteiger partial charge in [-0.05, 0) is 50.2 Å². The van der Waals surface area contributed by atoms with E-state index in [-0.39, 0.29) is 43.2 Å². The SMILES string of the molecule is CCOCCn1c(=NC(=O)c2ccc(S(=O)(=O)N3CCN(C(=O)OCC)CC3)cc2)sc2ccc(Cl)c(Cl)c21. The summed E-state index contributed by atoms with van der Waals surface area (Å²) in [5, 5.41) is 0.762. The minimum absolute atomic E-state index is 0.0544.